The number of piperidine rings is 1. The van der Waals surface area contributed by atoms with Crippen molar-refractivity contribution in [1.29, 1.82) is 0 Å². The van der Waals surface area contributed by atoms with Crippen LogP contribution in [0.15, 0.2) is 24.3 Å². The number of likely N-dealkylation sites (tertiary alicyclic amines) is 1. The summed E-state index contributed by atoms with van der Waals surface area (Å²) in [6.07, 6.45) is 1.05. The molecule has 0 bridgehead atoms. The highest BCUT2D eigenvalue weighted by Gasteiger charge is 2.26. The minimum Gasteiger partial charge on any atom is -0.481 e. The minimum absolute atomic E-state index is 0.132. The van der Waals surface area contributed by atoms with Gasteiger partial charge in [-0.05, 0) is 30.9 Å². The van der Waals surface area contributed by atoms with Crippen LogP contribution in [0.2, 0.25) is 0 Å². The summed E-state index contributed by atoms with van der Waals surface area (Å²) in [4.78, 5) is 24.7. The second-order valence-corrected chi connectivity index (χ2v) is 5.71. The van der Waals surface area contributed by atoms with Gasteiger partial charge in [-0.15, -0.1) is 0 Å². The van der Waals surface area contributed by atoms with E-state index in [1.165, 1.54) is 0 Å². The van der Waals surface area contributed by atoms with E-state index in [-0.39, 0.29) is 11.9 Å². The number of carboxylic acids is 1. The van der Waals surface area contributed by atoms with Gasteiger partial charge in [-0.2, -0.15) is 0 Å². The summed E-state index contributed by atoms with van der Waals surface area (Å²) in [6, 6.07) is 7.81. The van der Waals surface area contributed by atoms with Crippen LogP contribution in [0.3, 0.4) is 0 Å². The van der Waals surface area contributed by atoms with Gasteiger partial charge in [-0.1, -0.05) is 24.3 Å². The number of nitrogens with zero attached hydrogens (tertiary/aromatic N) is 1. The number of nitrogens with one attached hydrogen (secondary N) is 1. The molecule has 6 heteroatoms. The molecule has 1 saturated heterocycles. The van der Waals surface area contributed by atoms with E-state index in [2.05, 4.69) is 5.32 Å². The molecule has 0 saturated carbocycles. The number of hydrogen-bond donors (Lipinski definition) is 2. The fourth-order valence-electron chi connectivity index (χ4n) is 2.59. The molecule has 1 heterocycles. The summed E-state index contributed by atoms with van der Waals surface area (Å²) in [5.74, 6) is -1.09. The average Bonchev–Trinajstić information content (AvgIpc) is 2.58. The van der Waals surface area contributed by atoms with Crippen molar-refractivity contribution < 1.29 is 19.4 Å². The quantitative estimate of drug-likeness (QED) is 0.842. The molecular weight excluding hydrogens is 296 g/mol. The van der Waals surface area contributed by atoms with Crippen LogP contribution in [0.1, 0.15) is 30.9 Å². The van der Waals surface area contributed by atoms with E-state index in [1.807, 2.05) is 31.2 Å². The van der Waals surface area contributed by atoms with Gasteiger partial charge in [0.1, 0.15) is 0 Å². The molecule has 0 aromatic heterocycles. The lowest BCUT2D eigenvalue weighted by Crippen LogP contribution is -2.45. The number of carboxylic acid groups (broad SMARTS) is 1. The molecule has 2 N–H and O–H groups in total. The lowest BCUT2D eigenvalue weighted by Gasteiger charge is -2.30. The molecule has 1 fully saturated rings. The van der Waals surface area contributed by atoms with E-state index >= 15 is 0 Å². The van der Waals surface area contributed by atoms with Gasteiger partial charge in [0.25, 0.3) is 0 Å². The van der Waals surface area contributed by atoms with E-state index < -0.39 is 5.97 Å². The number of aliphatic carboxylic acids is 1. The molecular formula is C17H24N2O4. The Morgan fingerprint density at radius 3 is 2.39 bits per heavy atom. The first-order chi connectivity index (χ1) is 11.1. The predicted octanol–water partition coefficient (Wildman–Crippen LogP) is 2.23. The summed E-state index contributed by atoms with van der Waals surface area (Å²) < 4.78 is 5.34. The smallest absolute Gasteiger partial charge is 0.317 e. The summed E-state index contributed by atoms with van der Waals surface area (Å²) in [6.45, 7) is 4.71. The third-order valence-electron chi connectivity index (χ3n) is 4.07. The predicted molar refractivity (Wildman–Crippen MR) is 85.9 cm³/mol. The first-order valence-electron chi connectivity index (χ1n) is 8.01. The number of amides is 2. The average molecular weight is 320 g/mol. The Bertz CT molecular complexity index is 522. The third kappa shape index (κ3) is 5.25. The number of benzene rings is 1. The molecule has 0 spiro atoms. The standard InChI is InChI=1S/C17H24N2O4/c1-2-23-12-14-5-3-13(4-6-14)11-18-17(22)19-9-7-15(8-10-19)16(20)21/h3-6,15H,2,7-12H2,1H3,(H,18,22)(H,20,21). The summed E-state index contributed by atoms with van der Waals surface area (Å²) >= 11 is 0. The van der Waals surface area contributed by atoms with Crippen molar-refractivity contribution >= 4 is 12.0 Å². The number of ether oxygens (including phenoxy) is 1. The maximum atomic E-state index is 12.1. The minimum atomic E-state index is -0.766. The number of rotatable bonds is 6. The lowest BCUT2D eigenvalue weighted by atomic mass is 9.97. The van der Waals surface area contributed by atoms with E-state index in [4.69, 9.17) is 9.84 Å². The molecule has 0 radical (unpaired) electrons. The molecule has 1 aromatic carbocycles. The highest BCUT2D eigenvalue weighted by molar-refractivity contribution is 5.75. The number of carbonyl (C=O) groups excluding carboxylic acids is 1. The molecule has 0 unspecified atom stereocenters. The topological polar surface area (TPSA) is 78.9 Å². The zero-order valence-electron chi connectivity index (χ0n) is 13.5. The van der Waals surface area contributed by atoms with Crippen LogP contribution in [0.25, 0.3) is 0 Å². The molecule has 1 aromatic rings. The first kappa shape index (κ1) is 17.3. The van der Waals surface area contributed by atoms with Crippen molar-refractivity contribution in [3.63, 3.8) is 0 Å². The van der Waals surface area contributed by atoms with Gasteiger partial charge in [0.05, 0.1) is 12.5 Å². The number of hydrogen-bond acceptors (Lipinski definition) is 3. The van der Waals surface area contributed by atoms with E-state index in [1.54, 1.807) is 4.90 Å². The Morgan fingerprint density at radius 1 is 1.22 bits per heavy atom. The van der Waals surface area contributed by atoms with Crippen LogP contribution >= 0.6 is 0 Å². The van der Waals surface area contributed by atoms with Crippen molar-refractivity contribution in [2.75, 3.05) is 19.7 Å². The Hall–Kier alpha value is -2.08. The normalized spacial score (nSPS) is 15.4. The molecule has 1 aliphatic heterocycles. The van der Waals surface area contributed by atoms with E-state index in [0.717, 1.165) is 11.1 Å². The van der Waals surface area contributed by atoms with Crippen LogP contribution in [0.4, 0.5) is 4.79 Å². The molecule has 2 amide bonds. The van der Waals surface area contributed by atoms with Crippen molar-refractivity contribution in [2.45, 2.75) is 32.9 Å². The maximum Gasteiger partial charge on any atom is 0.317 e. The van der Waals surface area contributed by atoms with Gasteiger partial charge in [0.2, 0.25) is 0 Å². The Labute approximate surface area is 136 Å². The van der Waals surface area contributed by atoms with E-state index in [9.17, 15) is 9.59 Å². The molecule has 0 aliphatic carbocycles. The number of urea groups is 1. The van der Waals surface area contributed by atoms with Crippen molar-refractivity contribution in [2.24, 2.45) is 5.92 Å². The molecule has 23 heavy (non-hydrogen) atoms. The van der Waals surface area contributed by atoms with Gasteiger partial charge in [0.15, 0.2) is 0 Å². The van der Waals surface area contributed by atoms with E-state index in [0.29, 0.717) is 45.7 Å². The Morgan fingerprint density at radius 2 is 1.83 bits per heavy atom. The highest BCUT2D eigenvalue weighted by atomic mass is 16.5. The molecule has 1 aliphatic rings. The zero-order valence-corrected chi connectivity index (χ0v) is 13.5. The van der Waals surface area contributed by atoms with Crippen molar-refractivity contribution in [3.8, 4) is 0 Å². The summed E-state index contributed by atoms with van der Waals surface area (Å²) in [5.41, 5.74) is 2.14. The monoisotopic (exact) mass is 320 g/mol. The molecule has 126 valence electrons. The zero-order chi connectivity index (χ0) is 16.7. The SMILES string of the molecule is CCOCc1ccc(CNC(=O)N2CCC(C(=O)O)CC2)cc1. The van der Waals surface area contributed by atoms with Gasteiger partial charge in [-0.3, -0.25) is 4.79 Å². The molecule has 2 rings (SSSR count). The Kier molecular flexibility index (Phi) is 6.40. The highest BCUT2D eigenvalue weighted by Crippen LogP contribution is 2.17. The van der Waals surface area contributed by atoms with Crippen LogP contribution in [-0.4, -0.2) is 41.7 Å². The number of carbonyl (C=O) groups is 2. The van der Waals surface area contributed by atoms with Crippen molar-refractivity contribution in [1.82, 2.24) is 10.2 Å². The second kappa shape index (κ2) is 8.53. The molecule has 6 nitrogen and oxygen atoms in total. The van der Waals surface area contributed by atoms with Gasteiger partial charge in [0, 0.05) is 26.2 Å². The molecule has 0 atom stereocenters. The fourth-order valence-corrected chi connectivity index (χ4v) is 2.59. The third-order valence-corrected chi connectivity index (χ3v) is 4.07. The largest absolute Gasteiger partial charge is 0.481 e. The van der Waals surface area contributed by atoms with Crippen LogP contribution in [0.5, 0.6) is 0 Å². The van der Waals surface area contributed by atoms with Crippen LogP contribution in [-0.2, 0) is 22.7 Å². The summed E-state index contributed by atoms with van der Waals surface area (Å²) in [7, 11) is 0. The fraction of sp³-hybridized carbons (Fsp3) is 0.529. The second-order valence-electron chi connectivity index (χ2n) is 5.71. The first-order valence-corrected chi connectivity index (χ1v) is 8.01. The summed E-state index contributed by atoms with van der Waals surface area (Å²) in [5, 5.41) is 11.8. The van der Waals surface area contributed by atoms with Gasteiger partial charge >= 0.3 is 12.0 Å². The lowest BCUT2D eigenvalue weighted by molar-refractivity contribution is -0.143. The van der Waals surface area contributed by atoms with Crippen LogP contribution < -0.4 is 5.32 Å². The van der Waals surface area contributed by atoms with Gasteiger partial charge < -0.3 is 20.1 Å². The van der Waals surface area contributed by atoms with Crippen molar-refractivity contribution in [3.05, 3.63) is 35.4 Å². The maximum absolute atomic E-state index is 12.1. The Balaban J connectivity index is 1.75. The van der Waals surface area contributed by atoms with Crippen LogP contribution in [0, 0.1) is 5.92 Å². The van der Waals surface area contributed by atoms with Gasteiger partial charge in [-0.25, -0.2) is 4.79 Å².